The van der Waals surface area contributed by atoms with Crippen LogP contribution in [0.4, 0.5) is 0 Å². The summed E-state index contributed by atoms with van der Waals surface area (Å²) in [6.45, 7) is -5.89. The average molecular weight is 1500 g/mol. The minimum absolute atomic E-state index is 0.861. The van der Waals surface area contributed by atoms with E-state index in [1.54, 1.807) is 0 Å². The second kappa shape index (κ2) is 36.0. The minimum Gasteiger partial charge on any atom is -0.394 e. The van der Waals surface area contributed by atoms with Crippen LogP contribution >= 0.6 is 0 Å². The van der Waals surface area contributed by atoms with Crippen molar-refractivity contribution in [2.45, 2.75) is 290 Å². The quantitative estimate of drug-likeness (QED) is 0.0404. The Kier molecular flexibility index (Phi) is 29.6. The number of amides is 1. The van der Waals surface area contributed by atoms with Gasteiger partial charge < -0.3 is 224 Å². The maximum absolute atomic E-state index is 12.7. The van der Waals surface area contributed by atoms with Gasteiger partial charge in [0, 0.05) is 6.92 Å². The predicted octanol–water partition coefficient (Wildman–Crippen LogP) is -19.5. The predicted molar refractivity (Wildman–Crippen MR) is 307 cm³/mol. The van der Waals surface area contributed by atoms with Crippen molar-refractivity contribution in [3.8, 4) is 0 Å². The molecule has 594 valence electrons. The van der Waals surface area contributed by atoms with E-state index in [9.17, 15) is 143 Å². The summed E-state index contributed by atoms with van der Waals surface area (Å²) in [5.74, 6) is -0.872. The van der Waals surface area contributed by atoms with Crippen molar-refractivity contribution in [2.75, 3.05) is 52.9 Å². The van der Waals surface area contributed by atoms with Gasteiger partial charge in [0.15, 0.2) is 56.6 Å². The molecule has 1 amide bonds. The van der Waals surface area contributed by atoms with Crippen LogP contribution in [0.2, 0.25) is 0 Å². The summed E-state index contributed by atoms with van der Waals surface area (Å²) in [6, 6.07) is -1.79. The first-order valence-electron chi connectivity index (χ1n) is 32.5. The summed E-state index contributed by atoms with van der Waals surface area (Å²) in [4.78, 5) is 12.7. The standard InChI is InChI=1S/C56H95NO45/c1-11-40(95-52-35(80)27(72)43(15(5-60)90-52)98-53-36(81)28(73)41(16(6-61)91-53)96-50-32(77)24(69)22(67)13(3-58)88-50)26(71)34(79)49(86-11)102-47-21(57-12(2)66)48(85)87-20(10-65)46(47)101-56-39(84)31(76)45(19(9-64)94-56)100-55-38(83)30(75)44(18(8-63)93-55)99-54-37(82)29(74)42(17(7-62)92-54)97-51-33(78)25(70)23(68)14(4-59)89-51/h11,13-56,58-65,67-85H,3-10H2,1-2H3,(H,57,66)/t11-,13+,14+,15+,16+,17+,18+,19+,20+,21+,22+,23+,24-,25-,26-,27+,28+,29+,30+,31+,32+,33+,34+,35+,36+,37+,38+,39+,40-,41+,42+,43+,44+,45+,46+,47+,48?,49-,50-,51-,52-,53-,54-,55-,56-/m0/s1. The van der Waals surface area contributed by atoms with Gasteiger partial charge in [-0.15, -0.1) is 0 Å². The summed E-state index contributed by atoms with van der Waals surface area (Å²) < 4.78 is 96.9. The van der Waals surface area contributed by atoms with Crippen LogP contribution in [0.15, 0.2) is 0 Å². The molecule has 0 saturated carbocycles. The fourth-order valence-electron chi connectivity index (χ4n) is 13.4. The van der Waals surface area contributed by atoms with Crippen LogP contribution < -0.4 is 5.32 Å². The molecule has 102 heavy (non-hydrogen) atoms. The van der Waals surface area contributed by atoms with Crippen molar-refractivity contribution in [1.29, 1.82) is 0 Å². The van der Waals surface area contributed by atoms with Gasteiger partial charge in [0.2, 0.25) is 5.91 Å². The Bertz CT molecular complexity index is 2560. The third-order valence-electron chi connectivity index (χ3n) is 19.1. The van der Waals surface area contributed by atoms with E-state index in [1.165, 1.54) is 6.92 Å². The van der Waals surface area contributed by atoms with Crippen LogP contribution in [0.25, 0.3) is 0 Å². The second-order valence-corrected chi connectivity index (χ2v) is 25.9. The Balaban J connectivity index is 0.825. The molecule has 9 heterocycles. The highest BCUT2D eigenvalue weighted by atomic mass is 16.8. The molecule has 46 nitrogen and oxygen atoms in total. The number of hydrogen-bond acceptors (Lipinski definition) is 45. The third-order valence-corrected chi connectivity index (χ3v) is 19.1. The number of aliphatic hydroxyl groups excluding tert-OH is 27. The molecular weight excluding hydrogens is 1410 g/mol. The van der Waals surface area contributed by atoms with Crippen LogP contribution in [-0.2, 0) is 85.3 Å². The second-order valence-electron chi connectivity index (χ2n) is 25.9. The Hall–Kier alpha value is -2.29. The first-order valence-corrected chi connectivity index (χ1v) is 32.5. The molecule has 28 N–H and O–H groups in total. The molecule has 9 saturated heterocycles. The van der Waals surface area contributed by atoms with Crippen LogP contribution in [0, 0.1) is 0 Å². The van der Waals surface area contributed by atoms with Crippen LogP contribution in [-0.4, -0.2) is 473 Å². The third kappa shape index (κ3) is 17.3. The first kappa shape index (κ1) is 83.7. The van der Waals surface area contributed by atoms with Crippen molar-refractivity contribution >= 4 is 5.91 Å². The van der Waals surface area contributed by atoms with E-state index < -0.39 is 335 Å². The van der Waals surface area contributed by atoms with E-state index in [1.807, 2.05) is 0 Å². The van der Waals surface area contributed by atoms with E-state index in [4.69, 9.17) is 80.5 Å². The monoisotopic (exact) mass is 1500 g/mol. The number of carbonyl (C=O) groups is 1. The maximum atomic E-state index is 12.7. The van der Waals surface area contributed by atoms with Gasteiger partial charge in [0.05, 0.1) is 59.0 Å². The molecule has 0 radical (unpaired) electrons. The van der Waals surface area contributed by atoms with Gasteiger partial charge in [0.1, 0.15) is 214 Å². The molecule has 0 bridgehead atoms. The molecular formula is C56H95NO45. The number of nitrogens with one attached hydrogen (secondary N) is 1. The van der Waals surface area contributed by atoms with Gasteiger partial charge in [-0.3, -0.25) is 4.79 Å². The van der Waals surface area contributed by atoms with Gasteiger partial charge in [0.25, 0.3) is 0 Å². The Morgan fingerprint density at radius 3 is 0.725 bits per heavy atom. The van der Waals surface area contributed by atoms with Gasteiger partial charge in [-0.05, 0) is 6.92 Å². The summed E-state index contributed by atoms with van der Waals surface area (Å²) in [5.41, 5.74) is 0. The highest BCUT2D eigenvalue weighted by molar-refractivity contribution is 5.73. The van der Waals surface area contributed by atoms with Crippen molar-refractivity contribution in [3.63, 3.8) is 0 Å². The van der Waals surface area contributed by atoms with Crippen molar-refractivity contribution in [2.24, 2.45) is 0 Å². The van der Waals surface area contributed by atoms with E-state index >= 15 is 0 Å². The molecule has 9 rings (SSSR count). The average Bonchev–Trinajstić information content (AvgIpc) is 0.775. The zero-order chi connectivity index (χ0) is 74.9. The van der Waals surface area contributed by atoms with Gasteiger partial charge >= 0.3 is 0 Å². The number of ether oxygens (including phenoxy) is 17. The molecule has 9 aliphatic heterocycles. The van der Waals surface area contributed by atoms with Crippen molar-refractivity contribution in [1.82, 2.24) is 5.32 Å². The van der Waals surface area contributed by atoms with Crippen LogP contribution in [0.3, 0.4) is 0 Å². The Morgan fingerprint density at radius 1 is 0.255 bits per heavy atom. The van der Waals surface area contributed by atoms with E-state index in [2.05, 4.69) is 5.32 Å². The number of carbonyl (C=O) groups excluding carboxylic acids is 1. The molecule has 0 aromatic carbocycles. The lowest BCUT2D eigenvalue weighted by Gasteiger charge is -2.51. The Labute approximate surface area is 576 Å². The lowest BCUT2D eigenvalue weighted by Crippen LogP contribution is -2.70. The van der Waals surface area contributed by atoms with Crippen molar-refractivity contribution in [3.05, 3.63) is 0 Å². The van der Waals surface area contributed by atoms with E-state index in [-0.39, 0.29) is 0 Å². The van der Waals surface area contributed by atoms with Crippen LogP contribution in [0.1, 0.15) is 13.8 Å². The number of hydrogen-bond donors (Lipinski definition) is 28. The topological polar surface area (TPSA) is 732 Å². The summed E-state index contributed by atoms with van der Waals surface area (Å²) in [5, 5.41) is 294. The summed E-state index contributed by atoms with van der Waals surface area (Å²) >= 11 is 0. The van der Waals surface area contributed by atoms with Crippen LogP contribution in [0.5, 0.6) is 0 Å². The molecule has 0 spiro atoms. The normalized spacial score (nSPS) is 52.8. The Morgan fingerprint density at radius 2 is 0.461 bits per heavy atom. The summed E-state index contributed by atoms with van der Waals surface area (Å²) in [6.07, 6.45) is -86.2. The minimum atomic E-state index is -2.33. The highest BCUT2D eigenvalue weighted by Gasteiger charge is 2.60. The van der Waals surface area contributed by atoms with E-state index in [0.717, 1.165) is 6.92 Å². The molecule has 0 aliphatic carbocycles. The number of rotatable bonds is 25. The first-order chi connectivity index (χ1) is 48.3. The van der Waals surface area contributed by atoms with Gasteiger partial charge in [-0.2, -0.15) is 0 Å². The zero-order valence-corrected chi connectivity index (χ0v) is 54.1. The SMILES string of the molecule is CC(=O)N[C@H]1C(O)O[C@H](CO)[C@@H](O[C@@H]2O[C@H](CO)[C@@H](O[C@@H]3O[C@H](CO)[C@@H](O[C@@H]4O[C@H](CO)[C@@H](O[C@@H]5O[C@H](CO)[C@@H](O)[C@H](O)[C@H]5O)[C@H](O)[C@H]4O)[C@H](O)[C@H]3O)[C@H](O)[C@H]2O)[C@@H]1O[C@@H]1O[C@@H](C)[C@H](O[C@@H]2O[C@H](CO)[C@@H](O[C@@H]3O[C@H](CO)[C@@H](O[C@@H]4O[C@H](CO)[C@@H](O)[C@H](O)[C@H]4O)[C@H](O)[C@H]3O)[C@H](O)[C@H]2O)[C@@H](O)[C@H]1O. The molecule has 45 atom stereocenters. The zero-order valence-electron chi connectivity index (χ0n) is 54.1. The van der Waals surface area contributed by atoms with Gasteiger partial charge in [-0.1, -0.05) is 0 Å². The number of aliphatic hydroxyl groups is 27. The molecule has 9 aliphatic rings. The largest absolute Gasteiger partial charge is 0.394 e. The fraction of sp³-hybridized carbons (Fsp3) is 0.982. The molecule has 9 fully saturated rings. The van der Waals surface area contributed by atoms with Crippen molar-refractivity contribution < 1.29 is 223 Å². The molecule has 0 aromatic heterocycles. The smallest absolute Gasteiger partial charge is 0.217 e. The summed E-state index contributed by atoms with van der Waals surface area (Å²) in [7, 11) is 0. The fourth-order valence-corrected chi connectivity index (χ4v) is 13.4. The lowest BCUT2D eigenvalue weighted by atomic mass is 9.94. The molecule has 46 heteroatoms. The molecule has 1 unspecified atom stereocenters. The molecule has 0 aromatic rings. The van der Waals surface area contributed by atoms with E-state index in [0.29, 0.717) is 0 Å². The lowest BCUT2D eigenvalue weighted by molar-refractivity contribution is -0.398. The van der Waals surface area contributed by atoms with Gasteiger partial charge in [-0.25, -0.2) is 0 Å². The highest BCUT2D eigenvalue weighted by Crippen LogP contribution is 2.40. The maximum Gasteiger partial charge on any atom is 0.217 e.